The van der Waals surface area contributed by atoms with E-state index in [1.165, 1.54) is 0 Å². The minimum absolute atomic E-state index is 0.0405. The number of halogens is 1. The molecule has 4 nitrogen and oxygen atoms in total. The van der Waals surface area contributed by atoms with Gasteiger partial charge in [0.2, 0.25) is 0 Å². The summed E-state index contributed by atoms with van der Waals surface area (Å²) in [4.78, 5) is 18.1. The Hall–Kier alpha value is -2.85. The van der Waals surface area contributed by atoms with Gasteiger partial charge in [-0.3, -0.25) is 4.79 Å². The highest BCUT2D eigenvalue weighted by atomic mass is 35.5. The summed E-state index contributed by atoms with van der Waals surface area (Å²) in [5.41, 5.74) is 4.07. The predicted octanol–water partition coefficient (Wildman–Crippen LogP) is 4.55. The van der Waals surface area contributed by atoms with Gasteiger partial charge >= 0.3 is 0 Å². The average molecular weight is 378 g/mol. The van der Waals surface area contributed by atoms with Crippen molar-refractivity contribution in [2.75, 3.05) is 11.4 Å². The fourth-order valence-electron chi connectivity index (χ4n) is 3.29. The molecule has 0 N–H and O–H groups in total. The van der Waals surface area contributed by atoms with Crippen LogP contribution in [0.25, 0.3) is 0 Å². The molecular weight excluding hydrogens is 358 g/mol. The Kier molecular flexibility index (Phi) is 5.07. The number of rotatable bonds is 5. The molecule has 136 valence electrons. The van der Waals surface area contributed by atoms with Crippen LogP contribution in [0.2, 0.25) is 0 Å². The zero-order chi connectivity index (χ0) is 18.6. The molecule has 27 heavy (non-hydrogen) atoms. The highest BCUT2D eigenvalue weighted by Gasteiger charge is 2.17. The molecule has 2 aromatic carbocycles. The van der Waals surface area contributed by atoms with Crippen LogP contribution < -0.4 is 4.90 Å². The van der Waals surface area contributed by atoms with Crippen molar-refractivity contribution >= 4 is 23.2 Å². The molecule has 5 heteroatoms. The van der Waals surface area contributed by atoms with E-state index in [1.807, 2.05) is 54.7 Å². The summed E-state index contributed by atoms with van der Waals surface area (Å²) in [5.74, 6) is 0.0405. The molecule has 1 aromatic heterocycles. The Bertz CT molecular complexity index is 947. The Balaban J connectivity index is 1.51. The van der Waals surface area contributed by atoms with Gasteiger partial charge in [0.05, 0.1) is 12.0 Å². The number of carbonyl (C=O) groups excluding carboxylic acids is 1. The zero-order valence-electron chi connectivity index (χ0n) is 14.8. The number of alkyl halides is 1. The Labute approximate surface area is 163 Å². The van der Waals surface area contributed by atoms with E-state index in [4.69, 9.17) is 11.6 Å². The molecule has 0 fully saturated rings. The van der Waals surface area contributed by atoms with Crippen molar-refractivity contribution in [3.05, 3.63) is 96.1 Å². The molecule has 1 aliphatic rings. The normalized spacial score (nSPS) is 15.1. The second-order valence-electron chi connectivity index (χ2n) is 6.57. The summed E-state index contributed by atoms with van der Waals surface area (Å²) in [6.07, 6.45) is 8.07. The maximum atomic E-state index is 12.0. The lowest BCUT2D eigenvalue weighted by Crippen LogP contribution is -2.32. The molecule has 2 heterocycles. The fourth-order valence-corrected chi connectivity index (χ4v) is 3.62. The van der Waals surface area contributed by atoms with Crippen LogP contribution in [0.15, 0.2) is 79.3 Å². The minimum Gasteiger partial charge on any atom is -0.328 e. The highest BCUT2D eigenvalue weighted by Crippen LogP contribution is 2.29. The lowest BCUT2D eigenvalue weighted by molar-refractivity contribution is -0.114. The van der Waals surface area contributed by atoms with Gasteiger partial charge in [0, 0.05) is 25.0 Å². The SMILES string of the molecule is O=C1C=CCCN1c1ccc(Cn2cncc2C(Cl)c2ccccc2)cc1. The van der Waals surface area contributed by atoms with Crippen LogP contribution in [0.5, 0.6) is 0 Å². The number of amides is 1. The third-order valence-corrected chi connectivity index (χ3v) is 5.22. The largest absolute Gasteiger partial charge is 0.328 e. The number of hydrogen-bond acceptors (Lipinski definition) is 2. The van der Waals surface area contributed by atoms with Crippen molar-refractivity contribution in [3.8, 4) is 0 Å². The van der Waals surface area contributed by atoms with E-state index < -0.39 is 0 Å². The Morgan fingerprint density at radius 3 is 2.59 bits per heavy atom. The summed E-state index contributed by atoms with van der Waals surface area (Å²) in [5, 5.41) is -0.245. The molecule has 0 saturated carbocycles. The van der Waals surface area contributed by atoms with Crippen LogP contribution in [0.3, 0.4) is 0 Å². The molecule has 1 amide bonds. The van der Waals surface area contributed by atoms with Crippen LogP contribution in [0, 0.1) is 0 Å². The molecule has 4 rings (SSSR count). The second kappa shape index (κ2) is 7.80. The highest BCUT2D eigenvalue weighted by molar-refractivity contribution is 6.22. The van der Waals surface area contributed by atoms with Crippen LogP contribution in [-0.4, -0.2) is 22.0 Å². The lowest BCUT2D eigenvalue weighted by Gasteiger charge is -2.23. The summed E-state index contributed by atoms with van der Waals surface area (Å²) in [7, 11) is 0. The van der Waals surface area contributed by atoms with Gasteiger partial charge in [0.1, 0.15) is 5.38 Å². The summed E-state index contributed by atoms with van der Waals surface area (Å²) in [6.45, 7) is 1.41. The average Bonchev–Trinajstić information content (AvgIpc) is 3.17. The Morgan fingerprint density at radius 2 is 1.85 bits per heavy atom. The van der Waals surface area contributed by atoms with Gasteiger partial charge in [-0.15, -0.1) is 11.6 Å². The van der Waals surface area contributed by atoms with E-state index in [2.05, 4.69) is 21.7 Å². The molecular formula is C22H20ClN3O. The van der Waals surface area contributed by atoms with E-state index in [1.54, 1.807) is 17.3 Å². The molecule has 0 aliphatic carbocycles. The van der Waals surface area contributed by atoms with Gasteiger partial charge in [0.25, 0.3) is 5.91 Å². The summed E-state index contributed by atoms with van der Waals surface area (Å²) in [6, 6.07) is 18.1. The predicted molar refractivity (Wildman–Crippen MR) is 108 cm³/mol. The summed E-state index contributed by atoms with van der Waals surface area (Å²) >= 11 is 6.68. The van der Waals surface area contributed by atoms with E-state index in [-0.39, 0.29) is 11.3 Å². The van der Waals surface area contributed by atoms with E-state index in [9.17, 15) is 4.79 Å². The molecule has 0 bridgehead atoms. The van der Waals surface area contributed by atoms with Crippen LogP contribution in [0.4, 0.5) is 5.69 Å². The van der Waals surface area contributed by atoms with Crippen molar-refractivity contribution in [1.82, 2.24) is 9.55 Å². The first-order chi connectivity index (χ1) is 13.2. The molecule has 0 spiro atoms. The molecule has 1 aliphatic heterocycles. The zero-order valence-corrected chi connectivity index (χ0v) is 15.6. The first kappa shape index (κ1) is 17.6. The van der Waals surface area contributed by atoms with Gasteiger partial charge < -0.3 is 9.47 Å². The number of benzene rings is 2. The second-order valence-corrected chi connectivity index (χ2v) is 7.00. The molecule has 3 aromatic rings. The lowest BCUT2D eigenvalue weighted by atomic mass is 10.1. The van der Waals surface area contributed by atoms with Gasteiger partial charge in [0.15, 0.2) is 0 Å². The third kappa shape index (κ3) is 3.81. The maximum absolute atomic E-state index is 12.0. The number of hydrogen-bond donors (Lipinski definition) is 0. The van der Waals surface area contributed by atoms with Crippen molar-refractivity contribution in [1.29, 1.82) is 0 Å². The smallest absolute Gasteiger partial charge is 0.250 e. The van der Waals surface area contributed by atoms with Crippen molar-refractivity contribution in [3.63, 3.8) is 0 Å². The maximum Gasteiger partial charge on any atom is 0.250 e. The number of aromatic nitrogens is 2. The van der Waals surface area contributed by atoms with Crippen molar-refractivity contribution in [2.45, 2.75) is 18.3 Å². The fraction of sp³-hybridized carbons (Fsp3) is 0.182. The van der Waals surface area contributed by atoms with Crippen LogP contribution in [-0.2, 0) is 11.3 Å². The number of imidazole rings is 1. The van der Waals surface area contributed by atoms with Gasteiger partial charge in [-0.25, -0.2) is 4.98 Å². The van der Waals surface area contributed by atoms with Crippen LogP contribution >= 0.6 is 11.6 Å². The number of nitrogens with zero attached hydrogens (tertiary/aromatic N) is 3. The van der Waals surface area contributed by atoms with Gasteiger partial charge in [-0.2, -0.15) is 0 Å². The number of carbonyl (C=O) groups is 1. The van der Waals surface area contributed by atoms with E-state index in [0.29, 0.717) is 6.54 Å². The standard InChI is InChI=1S/C22H20ClN3O/c23-22(18-6-2-1-3-7-18)20-14-24-16-25(20)15-17-9-11-19(12-10-17)26-13-5-4-8-21(26)27/h1-4,6-12,14,16,22H,5,13,15H2. The van der Waals surface area contributed by atoms with E-state index >= 15 is 0 Å². The quantitative estimate of drug-likeness (QED) is 0.611. The van der Waals surface area contributed by atoms with Gasteiger partial charge in [-0.05, 0) is 35.8 Å². The van der Waals surface area contributed by atoms with Crippen molar-refractivity contribution < 1.29 is 4.79 Å². The first-order valence-electron chi connectivity index (χ1n) is 8.98. The molecule has 1 atom stereocenters. The monoisotopic (exact) mass is 377 g/mol. The van der Waals surface area contributed by atoms with E-state index in [0.717, 1.165) is 35.5 Å². The molecule has 1 unspecified atom stereocenters. The Morgan fingerprint density at radius 1 is 1.07 bits per heavy atom. The minimum atomic E-state index is -0.245. The van der Waals surface area contributed by atoms with Gasteiger partial charge in [-0.1, -0.05) is 48.5 Å². The first-order valence-corrected chi connectivity index (χ1v) is 9.42. The number of anilines is 1. The topological polar surface area (TPSA) is 38.1 Å². The van der Waals surface area contributed by atoms with Crippen molar-refractivity contribution in [2.24, 2.45) is 0 Å². The third-order valence-electron chi connectivity index (χ3n) is 4.74. The molecule has 0 radical (unpaired) electrons. The van der Waals surface area contributed by atoms with Crippen LogP contribution in [0.1, 0.15) is 28.6 Å². The molecule has 0 saturated heterocycles. The summed E-state index contributed by atoms with van der Waals surface area (Å²) < 4.78 is 2.06.